The van der Waals surface area contributed by atoms with Crippen molar-refractivity contribution in [3.63, 3.8) is 0 Å². The average molecular weight is 420 g/mol. The third-order valence-corrected chi connectivity index (χ3v) is 4.18. The zero-order valence-corrected chi connectivity index (χ0v) is 16.3. The molecule has 1 aromatic heterocycles. The Labute approximate surface area is 170 Å². The second-order valence-corrected chi connectivity index (χ2v) is 6.71. The van der Waals surface area contributed by atoms with E-state index in [-0.39, 0.29) is 22.1 Å². The highest BCUT2D eigenvalue weighted by Crippen LogP contribution is 2.25. The second-order valence-electron chi connectivity index (χ2n) is 6.30. The summed E-state index contributed by atoms with van der Waals surface area (Å²) in [5, 5.41) is 13.4. The van der Waals surface area contributed by atoms with Crippen LogP contribution in [0.15, 0.2) is 42.7 Å². The number of nitrogens with zero attached hydrogens (tertiary/aromatic N) is 2. The molecule has 0 radical (unpaired) electrons. The number of hydrogen-bond donors (Lipinski definition) is 3. The molecule has 29 heavy (non-hydrogen) atoms. The van der Waals surface area contributed by atoms with Gasteiger partial charge in [0.05, 0.1) is 10.5 Å². The van der Waals surface area contributed by atoms with Crippen LogP contribution in [-0.4, -0.2) is 33.7 Å². The molecule has 0 saturated heterocycles. The van der Waals surface area contributed by atoms with E-state index in [9.17, 15) is 24.5 Å². The number of nitro benzene ring substituents is 1. The normalized spacial score (nSPS) is 11.4. The number of amides is 3. The lowest BCUT2D eigenvalue weighted by molar-refractivity contribution is -0.384. The van der Waals surface area contributed by atoms with Crippen LogP contribution >= 0.6 is 11.6 Å². The molecule has 0 saturated carbocycles. The monoisotopic (exact) mass is 419 g/mol. The number of hydrogen-bond acceptors (Lipinski definition) is 6. The Morgan fingerprint density at radius 2 is 1.83 bits per heavy atom. The summed E-state index contributed by atoms with van der Waals surface area (Å²) < 4.78 is 0. The molecule has 1 heterocycles. The lowest BCUT2D eigenvalue weighted by Gasteiger charge is -2.22. The van der Waals surface area contributed by atoms with Crippen molar-refractivity contribution in [2.75, 3.05) is 0 Å². The van der Waals surface area contributed by atoms with Gasteiger partial charge in [0.2, 0.25) is 0 Å². The Balaban J connectivity index is 2.06. The van der Waals surface area contributed by atoms with Gasteiger partial charge < -0.3 is 5.32 Å². The first-order chi connectivity index (χ1) is 13.7. The van der Waals surface area contributed by atoms with E-state index in [4.69, 9.17) is 11.6 Å². The summed E-state index contributed by atoms with van der Waals surface area (Å²) in [5.41, 5.74) is 4.28. The first-order valence-corrected chi connectivity index (χ1v) is 8.83. The van der Waals surface area contributed by atoms with Gasteiger partial charge in [0, 0.05) is 24.0 Å². The fraction of sp³-hybridized carbons (Fsp3) is 0.222. The summed E-state index contributed by atoms with van der Waals surface area (Å²) in [6, 6.07) is 5.64. The maximum Gasteiger partial charge on any atom is 0.288 e. The summed E-state index contributed by atoms with van der Waals surface area (Å²) in [6.07, 6.45) is 2.83. The van der Waals surface area contributed by atoms with Crippen LogP contribution in [0.3, 0.4) is 0 Å². The SMILES string of the molecule is CC(C)C(NC(=O)c1ccc(Cl)c([N+](=O)[O-])c1)C(=O)NNC(=O)c1cccnc1. The molecule has 0 aliphatic carbocycles. The minimum absolute atomic E-state index is 0.0288. The smallest absolute Gasteiger partial charge is 0.288 e. The number of carbonyl (C=O) groups is 3. The third-order valence-electron chi connectivity index (χ3n) is 3.86. The maximum absolute atomic E-state index is 12.5. The summed E-state index contributed by atoms with van der Waals surface area (Å²) in [4.78, 5) is 51.0. The van der Waals surface area contributed by atoms with Gasteiger partial charge in [0.15, 0.2) is 0 Å². The van der Waals surface area contributed by atoms with Gasteiger partial charge in [-0.3, -0.25) is 40.3 Å². The predicted octanol–water partition coefficient (Wildman–Crippen LogP) is 1.86. The van der Waals surface area contributed by atoms with E-state index < -0.39 is 34.4 Å². The van der Waals surface area contributed by atoms with Crippen LogP contribution in [0.25, 0.3) is 0 Å². The second kappa shape index (κ2) is 9.60. The first-order valence-electron chi connectivity index (χ1n) is 8.45. The Morgan fingerprint density at radius 3 is 2.41 bits per heavy atom. The zero-order chi connectivity index (χ0) is 21.6. The van der Waals surface area contributed by atoms with Gasteiger partial charge in [-0.25, -0.2) is 0 Å². The molecule has 2 rings (SSSR count). The number of nitro groups is 1. The molecule has 1 unspecified atom stereocenters. The molecular weight excluding hydrogens is 402 g/mol. The van der Waals surface area contributed by atoms with Crippen molar-refractivity contribution in [1.82, 2.24) is 21.2 Å². The van der Waals surface area contributed by atoms with Crippen molar-refractivity contribution in [2.24, 2.45) is 5.92 Å². The largest absolute Gasteiger partial charge is 0.340 e. The van der Waals surface area contributed by atoms with Crippen LogP contribution in [0.2, 0.25) is 5.02 Å². The molecule has 1 atom stereocenters. The van der Waals surface area contributed by atoms with Gasteiger partial charge in [-0.05, 0) is 30.2 Å². The van der Waals surface area contributed by atoms with Crippen molar-refractivity contribution >= 4 is 35.0 Å². The highest BCUT2D eigenvalue weighted by molar-refractivity contribution is 6.32. The number of carbonyl (C=O) groups excluding carboxylic acids is 3. The van der Waals surface area contributed by atoms with Crippen LogP contribution in [0.1, 0.15) is 34.6 Å². The highest BCUT2D eigenvalue weighted by atomic mass is 35.5. The third kappa shape index (κ3) is 5.72. The number of benzene rings is 1. The van der Waals surface area contributed by atoms with E-state index in [1.807, 2.05) is 0 Å². The average Bonchev–Trinajstić information content (AvgIpc) is 2.70. The molecule has 152 valence electrons. The predicted molar refractivity (Wildman–Crippen MR) is 104 cm³/mol. The lowest BCUT2D eigenvalue weighted by atomic mass is 10.0. The van der Waals surface area contributed by atoms with Gasteiger partial charge in [-0.1, -0.05) is 25.4 Å². The van der Waals surface area contributed by atoms with Gasteiger partial charge in [0.1, 0.15) is 11.1 Å². The van der Waals surface area contributed by atoms with E-state index in [0.717, 1.165) is 6.07 Å². The molecule has 3 N–H and O–H groups in total. The number of hydrazine groups is 1. The fourth-order valence-electron chi connectivity index (χ4n) is 2.32. The van der Waals surface area contributed by atoms with Crippen molar-refractivity contribution < 1.29 is 19.3 Å². The van der Waals surface area contributed by atoms with E-state index in [1.165, 1.54) is 30.6 Å². The highest BCUT2D eigenvalue weighted by Gasteiger charge is 2.26. The molecule has 0 fully saturated rings. The molecule has 0 bridgehead atoms. The van der Waals surface area contributed by atoms with Crippen LogP contribution in [0, 0.1) is 16.0 Å². The molecule has 3 amide bonds. The minimum Gasteiger partial charge on any atom is -0.340 e. The van der Waals surface area contributed by atoms with Crippen LogP contribution in [0.5, 0.6) is 0 Å². The molecule has 0 aliphatic heterocycles. The summed E-state index contributed by atoms with van der Waals surface area (Å²) in [7, 11) is 0. The van der Waals surface area contributed by atoms with Crippen molar-refractivity contribution in [3.05, 3.63) is 69.0 Å². The van der Waals surface area contributed by atoms with Gasteiger partial charge >= 0.3 is 0 Å². The van der Waals surface area contributed by atoms with Crippen LogP contribution in [-0.2, 0) is 4.79 Å². The molecule has 1 aromatic carbocycles. The van der Waals surface area contributed by atoms with E-state index >= 15 is 0 Å². The van der Waals surface area contributed by atoms with Crippen molar-refractivity contribution in [3.8, 4) is 0 Å². The number of rotatable bonds is 6. The number of pyridine rings is 1. The van der Waals surface area contributed by atoms with Gasteiger partial charge in [-0.2, -0.15) is 0 Å². The summed E-state index contributed by atoms with van der Waals surface area (Å²) in [5.74, 6) is -2.27. The van der Waals surface area contributed by atoms with E-state index in [2.05, 4.69) is 21.2 Å². The minimum atomic E-state index is -1.01. The lowest BCUT2D eigenvalue weighted by Crippen LogP contribution is -2.54. The zero-order valence-electron chi connectivity index (χ0n) is 15.5. The Bertz CT molecular complexity index is 935. The Hall–Kier alpha value is -3.53. The standard InChI is InChI=1S/C18H18ClN5O5/c1-10(2)15(18(27)23-22-17(26)12-4-3-7-20-9-12)21-16(25)11-5-6-13(19)14(8-11)24(28)29/h3-10,15H,1-2H3,(H,21,25)(H,22,26)(H,23,27). The molecule has 11 heteroatoms. The summed E-state index contributed by atoms with van der Waals surface area (Å²) in [6.45, 7) is 3.38. The van der Waals surface area contributed by atoms with E-state index in [1.54, 1.807) is 19.9 Å². The van der Waals surface area contributed by atoms with Gasteiger partial charge in [-0.15, -0.1) is 0 Å². The van der Waals surface area contributed by atoms with Gasteiger partial charge in [0.25, 0.3) is 23.4 Å². The van der Waals surface area contributed by atoms with Crippen LogP contribution in [0.4, 0.5) is 5.69 Å². The Kier molecular flexibility index (Phi) is 7.21. The first kappa shape index (κ1) is 21.8. The Morgan fingerprint density at radius 1 is 1.10 bits per heavy atom. The molecule has 10 nitrogen and oxygen atoms in total. The number of halogens is 1. The quantitative estimate of drug-likeness (QED) is 0.481. The summed E-state index contributed by atoms with van der Waals surface area (Å²) >= 11 is 5.74. The topological polar surface area (TPSA) is 143 Å². The number of aromatic nitrogens is 1. The van der Waals surface area contributed by atoms with Crippen molar-refractivity contribution in [1.29, 1.82) is 0 Å². The van der Waals surface area contributed by atoms with E-state index in [0.29, 0.717) is 0 Å². The fourth-order valence-corrected chi connectivity index (χ4v) is 2.51. The molecule has 0 spiro atoms. The molecule has 0 aliphatic rings. The maximum atomic E-state index is 12.5. The molecule has 2 aromatic rings. The van der Waals surface area contributed by atoms with Crippen LogP contribution < -0.4 is 16.2 Å². The number of nitrogens with one attached hydrogen (secondary N) is 3. The molecular formula is C18H18ClN5O5. The van der Waals surface area contributed by atoms with Crippen molar-refractivity contribution in [2.45, 2.75) is 19.9 Å².